The molecule has 0 radical (unpaired) electrons. The van der Waals surface area contributed by atoms with Crippen molar-refractivity contribution in [2.45, 2.75) is 52.6 Å². The fraction of sp³-hybridized carbons (Fsp3) is 0.281. The molecule has 2 aromatic carbocycles. The van der Waals surface area contributed by atoms with Crippen LogP contribution in [0, 0.1) is 6.92 Å². The first-order chi connectivity index (χ1) is 19.6. The summed E-state index contributed by atoms with van der Waals surface area (Å²) >= 11 is 3.50. The Morgan fingerprint density at radius 1 is 1.02 bits per heavy atom. The average molecular weight is 615 g/mol. The third-order valence-electron chi connectivity index (χ3n) is 7.49. The van der Waals surface area contributed by atoms with Crippen molar-refractivity contribution in [2.24, 2.45) is 0 Å². The molecule has 0 spiro atoms. The second-order valence-electron chi connectivity index (χ2n) is 10.7. The number of carbonyl (C=O) groups excluding carboxylic acids is 2. The lowest BCUT2D eigenvalue weighted by molar-refractivity contribution is 0.0653. The monoisotopic (exact) mass is 613 g/mol. The minimum Gasteiger partial charge on any atom is -0.355 e. The predicted octanol–water partition coefficient (Wildman–Crippen LogP) is 5.44. The molecule has 1 unspecified atom stereocenters. The van der Waals surface area contributed by atoms with Crippen LogP contribution in [0.25, 0.3) is 17.2 Å². The molecule has 9 heteroatoms. The lowest BCUT2D eigenvalue weighted by Crippen LogP contribution is -2.46. The molecule has 210 valence electrons. The van der Waals surface area contributed by atoms with Crippen LogP contribution in [-0.2, 0) is 13.0 Å². The topological polar surface area (TPSA) is 97.2 Å². The molecule has 1 aliphatic heterocycles. The molecule has 4 aromatic rings. The summed E-state index contributed by atoms with van der Waals surface area (Å²) in [5.41, 5.74) is 5.03. The fourth-order valence-electron chi connectivity index (χ4n) is 5.09. The number of nitrogens with one attached hydrogen (secondary N) is 1. The van der Waals surface area contributed by atoms with Gasteiger partial charge in [-0.2, -0.15) is 0 Å². The lowest BCUT2D eigenvalue weighted by Gasteiger charge is -2.34. The van der Waals surface area contributed by atoms with Gasteiger partial charge in [0.25, 0.3) is 17.4 Å². The predicted molar refractivity (Wildman–Crippen MR) is 162 cm³/mol. The van der Waals surface area contributed by atoms with E-state index in [9.17, 15) is 14.4 Å². The summed E-state index contributed by atoms with van der Waals surface area (Å²) < 4.78 is 2.51. The molecule has 5 rings (SSSR count). The SMILES string of the molecule is CNC(=O)c1ccc(-n2c(-c3cccc(C(C)C)n3)nc3c(c2=O)CC(C)N(C(=O)c2ccc(Br)c(C)c2)C3)cc1. The van der Waals surface area contributed by atoms with Gasteiger partial charge in [0.15, 0.2) is 5.82 Å². The van der Waals surface area contributed by atoms with Gasteiger partial charge in [0.2, 0.25) is 0 Å². The van der Waals surface area contributed by atoms with Crippen molar-refractivity contribution in [1.29, 1.82) is 0 Å². The zero-order valence-electron chi connectivity index (χ0n) is 23.7. The summed E-state index contributed by atoms with van der Waals surface area (Å²) in [7, 11) is 1.58. The Morgan fingerprint density at radius 3 is 2.39 bits per heavy atom. The first kappa shape index (κ1) is 28.4. The molecule has 0 saturated heterocycles. The van der Waals surface area contributed by atoms with Crippen LogP contribution in [0.3, 0.4) is 0 Å². The third kappa shape index (κ3) is 5.46. The number of carbonyl (C=O) groups is 2. The van der Waals surface area contributed by atoms with E-state index in [0.717, 1.165) is 15.7 Å². The van der Waals surface area contributed by atoms with Gasteiger partial charge in [0.05, 0.1) is 17.9 Å². The first-order valence-electron chi connectivity index (χ1n) is 13.6. The van der Waals surface area contributed by atoms with Crippen molar-refractivity contribution in [2.75, 3.05) is 7.05 Å². The van der Waals surface area contributed by atoms with Crippen molar-refractivity contribution in [1.82, 2.24) is 24.8 Å². The second kappa shape index (κ2) is 11.4. The van der Waals surface area contributed by atoms with Gasteiger partial charge in [0.1, 0.15) is 5.69 Å². The summed E-state index contributed by atoms with van der Waals surface area (Å²) in [6.07, 6.45) is 0.373. The van der Waals surface area contributed by atoms with Gasteiger partial charge in [-0.1, -0.05) is 35.8 Å². The molecule has 0 aliphatic carbocycles. The molecule has 3 heterocycles. The number of amides is 2. The van der Waals surface area contributed by atoms with Gasteiger partial charge in [-0.25, -0.2) is 9.97 Å². The minimum atomic E-state index is -0.210. The Balaban J connectivity index is 1.65. The number of pyridine rings is 1. The summed E-state index contributed by atoms with van der Waals surface area (Å²) in [4.78, 5) is 51.5. The molecule has 0 bridgehead atoms. The smallest absolute Gasteiger partial charge is 0.261 e. The molecule has 1 N–H and O–H groups in total. The highest BCUT2D eigenvalue weighted by Crippen LogP contribution is 2.28. The molecule has 41 heavy (non-hydrogen) atoms. The van der Waals surface area contributed by atoms with Gasteiger partial charge < -0.3 is 10.2 Å². The summed E-state index contributed by atoms with van der Waals surface area (Å²) in [5, 5.41) is 2.62. The van der Waals surface area contributed by atoms with E-state index in [1.807, 2.05) is 50.2 Å². The van der Waals surface area contributed by atoms with E-state index in [1.165, 1.54) is 0 Å². The highest BCUT2D eigenvalue weighted by molar-refractivity contribution is 9.10. The molecule has 1 atom stereocenters. The molecule has 0 fully saturated rings. The van der Waals surface area contributed by atoms with E-state index in [-0.39, 0.29) is 35.9 Å². The Labute approximate surface area is 247 Å². The summed E-state index contributed by atoms with van der Waals surface area (Å²) in [6, 6.07) is 17.9. The highest BCUT2D eigenvalue weighted by atomic mass is 79.9. The molecule has 2 aromatic heterocycles. The van der Waals surface area contributed by atoms with Crippen LogP contribution in [0.2, 0.25) is 0 Å². The van der Waals surface area contributed by atoms with Crippen LogP contribution in [0.15, 0.2) is 69.9 Å². The maximum atomic E-state index is 14.2. The van der Waals surface area contributed by atoms with Crippen molar-refractivity contribution in [3.05, 3.63) is 109 Å². The zero-order chi connectivity index (χ0) is 29.4. The number of nitrogens with zero attached hydrogens (tertiary/aromatic N) is 4. The maximum Gasteiger partial charge on any atom is 0.261 e. The standard InChI is InChI=1S/C32H32BrN5O3/c1-18(2)26-7-6-8-27(35-26)29-36-28-17-37(31(40)22-11-14-25(33)19(3)15-22)20(4)16-24(28)32(41)38(29)23-12-9-21(10-13-23)30(39)34-5/h6-15,18,20H,16-17H2,1-5H3,(H,34,39). The number of hydrogen-bond donors (Lipinski definition) is 1. The van der Waals surface area contributed by atoms with Crippen molar-refractivity contribution in [3.8, 4) is 17.2 Å². The summed E-state index contributed by atoms with van der Waals surface area (Å²) in [5.74, 6) is 0.267. The van der Waals surface area contributed by atoms with Crippen LogP contribution in [0.1, 0.15) is 69.9 Å². The quantitative estimate of drug-likeness (QED) is 0.323. The van der Waals surface area contributed by atoms with Gasteiger partial charge >= 0.3 is 0 Å². The molecular formula is C32H32BrN5O3. The van der Waals surface area contributed by atoms with E-state index in [1.54, 1.807) is 40.8 Å². The molecular weight excluding hydrogens is 582 g/mol. The van der Waals surface area contributed by atoms with E-state index >= 15 is 0 Å². The van der Waals surface area contributed by atoms with Crippen molar-refractivity contribution >= 4 is 27.7 Å². The average Bonchev–Trinajstić information content (AvgIpc) is 2.98. The minimum absolute atomic E-state index is 0.101. The Morgan fingerprint density at radius 2 is 1.73 bits per heavy atom. The second-order valence-corrected chi connectivity index (χ2v) is 11.5. The third-order valence-corrected chi connectivity index (χ3v) is 8.38. The number of aryl methyl sites for hydroxylation is 1. The van der Waals surface area contributed by atoms with Gasteiger partial charge in [-0.05, 0) is 86.3 Å². The number of halogens is 1. The van der Waals surface area contributed by atoms with Crippen molar-refractivity contribution < 1.29 is 9.59 Å². The van der Waals surface area contributed by atoms with Crippen LogP contribution in [0.5, 0.6) is 0 Å². The number of hydrogen-bond acceptors (Lipinski definition) is 5. The lowest BCUT2D eigenvalue weighted by atomic mass is 9.98. The van der Waals surface area contributed by atoms with Crippen LogP contribution >= 0.6 is 15.9 Å². The van der Waals surface area contributed by atoms with E-state index < -0.39 is 0 Å². The fourth-order valence-corrected chi connectivity index (χ4v) is 5.34. The molecule has 0 saturated carbocycles. The number of benzene rings is 2. The first-order valence-corrected chi connectivity index (χ1v) is 14.4. The maximum absolute atomic E-state index is 14.2. The number of aromatic nitrogens is 3. The Kier molecular flexibility index (Phi) is 7.91. The van der Waals surface area contributed by atoms with Crippen LogP contribution in [0.4, 0.5) is 0 Å². The van der Waals surface area contributed by atoms with E-state index in [0.29, 0.717) is 46.0 Å². The van der Waals surface area contributed by atoms with Gasteiger partial charge in [-0.15, -0.1) is 0 Å². The largest absolute Gasteiger partial charge is 0.355 e. The normalized spacial score (nSPS) is 14.6. The molecule has 2 amide bonds. The van der Waals surface area contributed by atoms with Crippen molar-refractivity contribution in [3.63, 3.8) is 0 Å². The van der Waals surface area contributed by atoms with Gasteiger partial charge in [0, 0.05) is 39.9 Å². The van der Waals surface area contributed by atoms with Crippen LogP contribution in [-0.4, -0.2) is 44.3 Å². The van der Waals surface area contributed by atoms with Gasteiger partial charge in [-0.3, -0.25) is 19.0 Å². The molecule has 1 aliphatic rings. The number of fused-ring (bicyclic) bond motifs is 1. The highest BCUT2D eigenvalue weighted by Gasteiger charge is 2.32. The zero-order valence-corrected chi connectivity index (χ0v) is 25.3. The van der Waals surface area contributed by atoms with E-state index in [4.69, 9.17) is 9.97 Å². The summed E-state index contributed by atoms with van der Waals surface area (Å²) in [6.45, 7) is 8.24. The molecule has 8 nitrogen and oxygen atoms in total. The Bertz CT molecular complexity index is 1710. The Hall–Kier alpha value is -4.11. The van der Waals surface area contributed by atoms with E-state index in [2.05, 4.69) is 35.1 Å². The number of rotatable bonds is 5. The van der Waals surface area contributed by atoms with Crippen LogP contribution < -0.4 is 10.9 Å².